The molecular weight excluding hydrogens is 310 g/mol. The lowest BCUT2D eigenvalue weighted by Gasteiger charge is -2.45. The number of carbonyl (C=O) groups is 1. The molecule has 3 fully saturated rings. The topological polar surface area (TPSA) is 49.6 Å². The Bertz CT molecular complexity index is 568. The number of piperazine rings is 1. The third kappa shape index (κ3) is 3.75. The Labute approximate surface area is 151 Å². The van der Waals surface area contributed by atoms with Crippen molar-refractivity contribution in [3.05, 3.63) is 35.9 Å². The van der Waals surface area contributed by atoms with Gasteiger partial charge in [-0.15, -0.1) is 0 Å². The number of rotatable bonds is 3. The van der Waals surface area contributed by atoms with E-state index in [1.807, 2.05) is 0 Å². The standard InChI is InChI=1S/C21H31N3O/c22-20-17-7-4-8-18(20)14-19(13-17)21(25)24-11-9-23(10-12-24)15-16-5-2-1-3-6-16/h1-3,5-6,17-20H,4,7-15,22H2. The lowest BCUT2D eigenvalue weighted by atomic mass is 9.65. The first kappa shape index (κ1) is 17.0. The predicted molar refractivity (Wildman–Crippen MR) is 99.8 cm³/mol. The summed E-state index contributed by atoms with van der Waals surface area (Å²) in [5.74, 6) is 1.81. The number of nitrogens with two attached hydrogens (primary N) is 1. The number of fused-ring (bicyclic) bond motifs is 2. The van der Waals surface area contributed by atoms with E-state index in [2.05, 4.69) is 40.1 Å². The molecular formula is C21H31N3O. The van der Waals surface area contributed by atoms with Gasteiger partial charge in [0.1, 0.15) is 0 Å². The molecule has 1 saturated heterocycles. The van der Waals surface area contributed by atoms with Gasteiger partial charge >= 0.3 is 0 Å². The van der Waals surface area contributed by atoms with Gasteiger partial charge in [0.2, 0.25) is 5.91 Å². The van der Waals surface area contributed by atoms with Gasteiger partial charge in [-0.1, -0.05) is 36.8 Å². The molecule has 4 nitrogen and oxygen atoms in total. The molecule has 1 heterocycles. The molecule has 1 amide bonds. The molecule has 0 spiro atoms. The highest BCUT2D eigenvalue weighted by Crippen LogP contribution is 2.42. The minimum Gasteiger partial charge on any atom is -0.340 e. The first-order valence-electron chi connectivity index (χ1n) is 10.0. The molecule has 2 aliphatic carbocycles. The summed E-state index contributed by atoms with van der Waals surface area (Å²) in [6, 6.07) is 11.0. The maximum Gasteiger partial charge on any atom is 0.225 e. The number of hydrogen-bond acceptors (Lipinski definition) is 3. The molecule has 136 valence electrons. The fourth-order valence-electron chi connectivity index (χ4n) is 5.22. The van der Waals surface area contributed by atoms with Crippen molar-refractivity contribution in [3.8, 4) is 0 Å². The monoisotopic (exact) mass is 341 g/mol. The van der Waals surface area contributed by atoms with Crippen LogP contribution in [0.4, 0.5) is 0 Å². The van der Waals surface area contributed by atoms with Gasteiger partial charge in [-0.3, -0.25) is 9.69 Å². The summed E-state index contributed by atoms with van der Waals surface area (Å²) in [6.45, 7) is 4.72. The zero-order chi connectivity index (χ0) is 17.2. The molecule has 2 atom stereocenters. The largest absolute Gasteiger partial charge is 0.340 e. The molecule has 1 aromatic rings. The van der Waals surface area contributed by atoms with Gasteiger partial charge < -0.3 is 10.6 Å². The third-order valence-corrected chi connectivity index (χ3v) is 6.70. The van der Waals surface area contributed by atoms with Crippen LogP contribution in [0.3, 0.4) is 0 Å². The maximum absolute atomic E-state index is 13.0. The second-order valence-electron chi connectivity index (χ2n) is 8.28. The van der Waals surface area contributed by atoms with Crippen LogP contribution < -0.4 is 5.73 Å². The molecule has 2 N–H and O–H groups in total. The highest BCUT2D eigenvalue weighted by molar-refractivity contribution is 5.79. The highest BCUT2D eigenvalue weighted by Gasteiger charge is 2.41. The first-order valence-corrected chi connectivity index (χ1v) is 10.0. The number of amides is 1. The summed E-state index contributed by atoms with van der Waals surface area (Å²) in [7, 11) is 0. The Morgan fingerprint density at radius 3 is 2.28 bits per heavy atom. The summed E-state index contributed by atoms with van der Waals surface area (Å²) in [5.41, 5.74) is 7.74. The van der Waals surface area contributed by atoms with E-state index in [4.69, 9.17) is 5.73 Å². The van der Waals surface area contributed by atoms with Crippen molar-refractivity contribution in [1.82, 2.24) is 9.80 Å². The van der Waals surface area contributed by atoms with Crippen LogP contribution in [-0.4, -0.2) is 47.9 Å². The minimum absolute atomic E-state index is 0.232. The molecule has 25 heavy (non-hydrogen) atoms. The molecule has 1 aliphatic heterocycles. The number of nitrogens with zero attached hydrogens (tertiary/aromatic N) is 2. The van der Waals surface area contributed by atoms with E-state index in [0.29, 0.717) is 23.8 Å². The van der Waals surface area contributed by atoms with Crippen LogP contribution in [0.2, 0.25) is 0 Å². The fraction of sp³-hybridized carbons (Fsp3) is 0.667. The average molecular weight is 341 g/mol. The summed E-state index contributed by atoms with van der Waals surface area (Å²) < 4.78 is 0. The summed E-state index contributed by atoms with van der Waals surface area (Å²) in [5, 5.41) is 0. The van der Waals surface area contributed by atoms with Crippen molar-refractivity contribution in [1.29, 1.82) is 0 Å². The van der Waals surface area contributed by atoms with Crippen molar-refractivity contribution < 1.29 is 4.79 Å². The van der Waals surface area contributed by atoms with Crippen LogP contribution in [0.5, 0.6) is 0 Å². The van der Waals surface area contributed by atoms with Gasteiger partial charge in [0.15, 0.2) is 0 Å². The SMILES string of the molecule is NC1C2CCCC1CC(C(=O)N1CCN(Cc3ccccc3)CC1)C2. The Hall–Kier alpha value is -1.39. The molecule has 4 rings (SSSR count). The van der Waals surface area contributed by atoms with Gasteiger partial charge in [0, 0.05) is 44.7 Å². The van der Waals surface area contributed by atoms with Gasteiger partial charge in [-0.2, -0.15) is 0 Å². The summed E-state index contributed by atoms with van der Waals surface area (Å²) >= 11 is 0. The zero-order valence-electron chi connectivity index (χ0n) is 15.1. The predicted octanol–water partition coefficient (Wildman–Crippen LogP) is 2.48. The minimum atomic E-state index is 0.232. The van der Waals surface area contributed by atoms with Crippen LogP contribution in [0.15, 0.2) is 30.3 Å². The zero-order valence-corrected chi connectivity index (χ0v) is 15.1. The lowest BCUT2D eigenvalue weighted by molar-refractivity contribution is -0.140. The van der Waals surface area contributed by atoms with Crippen molar-refractivity contribution in [2.24, 2.45) is 23.5 Å². The number of hydrogen-bond donors (Lipinski definition) is 1. The lowest BCUT2D eigenvalue weighted by Crippen LogP contribution is -2.53. The highest BCUT2D eigenvalue weighted by atomic mass is 16.2. The fourth-order valence-corrected chi connectivity index (χ4v) is 5.22. The first-order chi connectivity index (χ1) is 12.2. The van der Waals surface area contributed by atoms with E-state index in [1.165, 1.54) is 24.8 Å². The van der Waals surface area contributed by atoms with E-state index in [1.54, 1.807) is 0 Å². The van der Waals surface area contributed by atoms with Crippen LogP contribution in [0.1, 0.15) is 37.7 Å². The van der Waals surface area contributed by atoms with Crippen molar-refractivity contribution in [3.63, 3.8) is 0 Å². The van der Waals surface area contributed by atoms with Crippen molar-refractivity contribution in [2.45, 2.75) is 44.7 Å². The van der Waals surface area contributed by atoms with Crippen LogP contribution in [-0.2, 0) is 11.3 Å². The smallest absolute Gasteiger partial charge is 0.225 e. The molecule has 1 aromatic carbocycles. The Kier molecular flexibility index (Phi) is 5.09. The third-order valence-electron chi connectivity index (χ3n) is 6.70. The Morgan fingerprint density at radius 1 is 1.00 bits per heavy atom. The number of benzene rings is 1. The second-order valence-corrected chi connectivity index (χ2v) is 8.28. The molecule has 2 unspecified atom stereocenters. The van der Waals surface area contributed by atoms with Crippen LogP contribution in [0, 0.1) is 17.8 Å². The quantitative estimate of drug-likeness (QED) is 0.919. The van der Waals surface area contributed by atoms with Crippen molar-refractivity contribution in [2.75, 3.05) is 26.2 Å². The average Bonchev–Trinajstić information content (AvgIpc) is 2.62. The Balaban J connectivity index is 1.29. The van der Waals surface area contributed by atoms with Crippen LogP contribution >= 0.6 is 0 Å². The van der Waals surface area contributed by atoms with Gasteiger partial charge in [-0.05, 0) is 43.1 Å². The Morgan fingerprint density at radius 2 is 1.64 bits per heavy atom. The van der Waals surface area contributed by atoms with Gasteiger partial charge in [0.25, 0.3) is 0 Å². The normalized spacial score (nSPS) is 33.2. The molecule has 0 aromatic heterocycles. The molecule has 0 radical (unpaired) electrons. The molecule has 2 saturated carbocycles. The molecule has 3 aliphatic rings. The van der Waals surface area contributed by atoms with E-state index in [0.717, 1.165) is 45.6 Å². The van der Waals surface area contributed by atoms with E-state index in [9.17, 15) is 4.79 Å². The number of carbonyl (C=O) groups excluding carboxylic acids is 1. The molecule has 4 heteroatoms. The van der Waals surface area contributed by atoms with Gasteiger partial charge in [0.05, 0.1) is 0 Å². The van der Waals surface area contributed by atoms with Crippen LogP contribution in [0.25, 0.3) is 0 Å². The van der Waals surface area contributed by atoms with E-state index >= 15 is 0 Å². The van der Waals surface area contributed by atoms with E-state index in [-0.39, 0.29) is 5.92 Å². The maximum atomic E-state index is 13.0. The van der Waals surface area contributed by atoms with Gasteiger partial charge in [-0.25, -0.2) is 0 Å². The summed E-state index contributed by atoms with van der Waals surface area (Å²) in [4.78, 5) is 17.6. The molecule has 2 bridgehead atoms. The van der Waals surface area contributed by atoms with E-state index < -0.39 is 0 Å². The summed E-state index contributed by atoms with van der Waals surface area (Å²) in [6.07, 6.45) is 5.82. The second kappa shape index (κ2) is 7.46. The van der Waals surface area contributed by atoms with Crippen molar-refractivity contribution >= 4 is 5.91 Å².